The highest BCUT2D eigenvalue weighted by atomic mass is 79.9. The normalized spacial score (nSPS) is 12.6. The molecule has 0 heterocycles. The van der Waals surface area contributed by atoms with E-state index in [4.69, 9.17) is 0 Å². The Kier molecular flexibility index (Phi) is 3.72. The third-order valence-corrected chi connectivity index (χ3v) is 4.44. The van der Waals surface area contributed by atoms with Crippen LogP contribution in [-0.4, -0.2) is 0 Å². The Morgan fingerprint density at radius 1 is 0.714 bits per heavy atom. The van der Waals surface area contributed by atoms with Crippen LogP contribution in [0, 0.1) is 17.5 Å². The molecule has 0 aliphatic carbocycles. The zero-order valence-electron chi connectivity index (χ0n) is 10.8. The Balaban J connectivity index is 2.15. The lowest BCUT2D eigenvalue weighted by Gasteiger charge is -2.14. The molecular formula is C17H10BrF3. The number of fused-ring (bicyclic) bond motifs is 1. The monoisotopic (exact) mass is 350 g/mol. The van der Waals surface area contributed by atoms with E-state index in [1.165, 1.54) is 12.1 Å². The predicted octanol–water partition coefficient (Wildman–Crippen LogP) is 5.74. The van der Waals surface area contributed by atoms with E-state index in [0.717, 1.165) is 23.1 Å². The minimum absolute atomic E-state index is 0.306. The Hall–Kier alpha value is -1.81. The first-order valence-electron chi connectivity index (χ1n) is 6.34. The Morgan fingerprint density at radius 3 is 2.10 bits per heavy atom. The van der Waals surface area contributed by atoms with E-state index < -0.39 is 11.6 Å². The fourth-order valence-corrected chi connectivity index (χ4v) is 3.04. The quantitative estimate of drug-likeness (QED) is 0.517. The van der Waals surface area contributed by atoms with E-state index in [1.54, 1.807) is 18.2 Å². The second-order valence-electron chi connectivity index (χ2n) is 4.72. The summed E-state index contributed by atoms with van der Waals surface area (Å²) in [4.78, 5) is -0.349. The molecule has 0 aliphatic heterocycles. The number of benzene rings is 3. The van der Waals surface area contributed by atoms with Crippen LogP contribution in [-0.2, 0) is 0 Å². The van der Waals surface area contributed by atoms with Crippen molar-refractivity contribution in [3.05, 3.63) is 83.2 Å². The maximum Gasteiger partial charge on any atom is 0.159 e. The SMILES string of the molecule is Fc1ccc(C(Br)c2ccc(F)c3ccccc23)cc1F. The molecular weight excluding hydrogens is 341 g/mol. The van der Waals surface area contributed by atoms with Crippen molar-refractivity contribution < 1.29 is 13.2 Å². The van der Waals surface area contributed by atoms with Gasteiger partial charge >= 0.3 is 0 Å². The van der Waals surface area contributed by atoms with Gasteiger partial charge in [0.05, 0.1) is 4.83 Å². The molecule has 0 radical (unpaired) electrons. The summed E-state index contributed by atoms with van der Waals surface area (Å²) in [6, 6.07) is 13.9. The number of halogens is 4. The van der Waals surface area contributed by atoms with Crippen molar-refractivity contribution in [1.29, 1.82) is 0 Å². The van der Waals surface area contributed by atoms with Crippen molar-refractivity contribution in [1.82, 2.24) is 0 Å². The van der Waals surface area contributed by atoms with E-state index >= 15 is 0 Å². The van der Waals surface area contributed by atoms with E-state index in [0.29, 0.717) is 10.9 Å². The van der Waals surface area contributed by atoms with Crippen LogP contribution in [0.4, 0.5) is 13.2 Å². The van der Waals surface area contributed by atoms with Crippen molar-refractivity contribution in [2.75, 3.05) is 0 Å². The topological polar surface area (TPSA) is 0 Å². The summed E-state index contributed by atoms with van der Waals surface area (Å²) in [7, 11) is 0. The van der Waals surface area contributed by atoms with Crippen molar-refractivity contribution in [3.8, 4) is 0 Å². The molecule has 0 bridgehead atoms. The summed E-state index contributed by atoms with van der Waals surface area (Å²) in [6.07, 6.45) is 0. The van der Waals surface area contributed by atoms with Gasteiger partial charge in [-0.05, 0) is 34.7 Å². The molecule has 0 amide bonds. The highest BCUT2D eigenvalue weighted by Gasteiger charge is 2.16. The minimum Gasteiger partial charge on any atom is -0.206 e. The van der Waals surface area contributed by atoms with Gasteiger partial charge in [0, 0.05) is 5.39 Å². The molecule has 4 heteroatoms. The summed E-state index contributed by atoms with van der Waals surface area (Å²) in [5.74, 6) is -2.09. The van der Waals surface area contributed by atoms with Gasteiger partial charge in [-0.25, -0.2) is 13.2 Å². The van der Waals surface area contributed by atoms with Crippen LogP contribution in [0.1, 0.15) is 16.0 Å². The Morgan fingerprint density at radius 2 is 1.38 bits per heavy atom. The van der Waals surface area contributed by atoms with Gasteiger partial charge in [0.15, 0.2) is 11.6 Å². The fourth-order valence-electron chi connectivity index (χ4n) is 2.36. The molecule has 106 valence electrons. The van der Waals surface area contributed by atoms with Crippen LogP contribution in [0.2, 0.25) is 0 Å². The van der Waals surface area contributed by atoms with Crippen molar-refractivity contribution in [2.45, 2.75) is 4.83 Å². The van der Waals surface area contributed by atoms with Gasteiger partial charge in [0.25, 0.3) is 0 Å². The van der Waals surface area contributed by atoms with Crippen LogP contribution < -0.4 is 0 Å². The molecule has 21 heavy (non-hydrogen) atoms. The van der Waals surface area contributed by atoms with Crippen molar-refractivity contribution >= 4 is 26.7 Å². The number of hydrogen-bond donors (Lipinski definition) is 0. The van der Waals surface area contributed by atoms with Gasteiger partial charge < -0.3 is 0 Å². The molecule has 0 aliphatic rings. The first kappa shape index (κ1) is 14.1. The second kappa shape index (κ2) is 5.53. The lowest BCUT2D eigenvalue weighted by atomic mass is 9.98. The summed E-state index contributed by atoms with van der Waals surface area (Å²) in [6.45, 7) is 0. The van der Waals surface area contributed by atoms with Crippen LogP contribution in [0.25, 0.3) is 10.8 Å². The molecule has 1 atom stereocenters. The lowest BCUT2D eigenvalue weighted by molar-refractivity contribution is 0.507. The zero-order valence-corrected chi connectivity index (χ0v) is 12.4. The van der Waals surface area contributed by atoms with Gasteiger partial charge in [0.2, 0.25) is 0 Å². The van der Waals surface area contributed by atoms with E-state index in [-0.39, 0.29) is 10.6 Å². The minimum atomic E-state index is -0.900. The van der Waals surface area contributed by atoms with Gasteiger partial charge in [-0.2, -0.15) is 0 Å². The number of alkyl halides is 1. The molecule has 0 nitrogen and oxygen atoms in total. The zero-order chi connectivity index (χ0) is 15.0. The van der Waals surface area contributed by atoms with Crippen LogP contribution >= 0.6 is 15.9 Å². The lowest BCUT2D eigenvalue weighted by Crippen LogP contribution is -1.97. The third kappa shape index (κ3) is 2.56. The molecule has 0 aromatic heterocycles. The molecule has 0 spiro atoms. The van der Waals surface area contributed by atoms with E-state index in [2.05, 4.69) is 15.9 Å². The average Bonchev–Trinajstić information content (AvgIpc) is 2.50. The Labute approximate surface area is 128 Å². The van der Waals surface area contributed by atoms with E-state index in [1.807, 2.05) is 12.1 Å². The fraction of sp³-hybridized carbons (Fsp3) is 0.0588. The summed E-state index contributed by atoms with van der Waals surface area (Å²) < 4.78 is 40.2. The smallest absolute Gasteiger partial charge is 0.159 e. The third-order valence-electron chi connectivity index (χ3n) is 3.41. The van der Waals surface area contributed by atoms with Crippen molar-refractivity contribution in [2.24, 2.45) is 0 Å². The number of rotatable bonds is 2. The average molecular weight is 351 g/mol. The maximum atomic E-state index is 13.8. The highest BCUT2D eigenvalue weighted by Crippen LogP contribution is 2.36. The molecule has 1 unspecified atom stereocenters. The number of hydrogen-bond acceptors (Lipinski definition) is 0. The first-order chi connectivity index (χ1) is 10.1. The van der Waals surface area contributed by atoms with E-state index in [9.17, 15) is 13.2 Å². The van der Waals surface area contributed by atoms with Gasteiger partial charge in [0.1, 0.15) is 5.82 Å². The standard InChI is InChI=1S/C17H10BrF3/c18-17(10-5-7-15(20)16(21)9-10)13-6-8-14(19)12-4-2-1-3-11(12)13/h1-9,17H. The molecule has 3 rings (SSSR count). The van der Waals surface area contributed by atoms with Gasteiger partial charge in [-0.15, -0.1) is 0 Å². The molecule has 3 aromatic rings. The molecule has 0 saturated carbocycles. The van der Waals surface area contributed by atoms with Crippen LogP contribution in [0.15, 0.2) is 54.6 Å². The van der Waals surface area contributed by atoms with Gasteiger partial charge in [-0.3, -0.25) is 0 Å². The predicted molar refractivity (Wildman–Crippen MR) is 81.0 cm³/mol. The van der Waals surface area contributed by atoms with Crippen LogP contribution in [0.3, 0.4) is 0 Å². The molecule has 3 aromatic carbocycles. The molecule has 0 N–H and O–H groups in total. The second-order valence-corrected chi connectivity index (χ2v) is 5.63. The molecule has 0 saturated heterocycles. The summed E-state index contributed by atoms with van der Waals surface area (Å²) in [5.41, 5.74) is 1.38. The first-order valence-corrected chi connectivity index (χ1v) is 7.25. The largest absolute Gasteiger partial charge is 0.206 e. The highest BCUT2D eigenvalue weighted by molar-refractivity contribution is 9.09. The Bertz CT molecular complexity index is 814. The summed E-state index contributed by atoms with van der Waals surface area (Å²) in [5, 5.41) is 1.24. The van der Waals surface area contributed by atoms with Gasteiger partial charge in [-0.1, -0.05) is 52.3 Å². The van der Waals surface area contributed by atoms with Crippen LogP contribution in [0.5, 0.6) is 0 Å². The summed E-state index contributed by atoms with van der Waals surface area (Å²) >= 11 is 3.49. The maximum absolute atomic E-state index is 13.8. The molecule has 0 fully saturated rings. The van der Waals surface area contributed by atoms with Crippen molar-refractivity contribution in [3.63, 3.8) is 0 Å².